The Morgan fingerprint density at radius 1 is 1.00 bits per heavy atom. The van der Waals surface area contributed by atoms with Gasteiger partial charge in [-0.2, -0.15) is 0 Å². The van der Waals surface area contributed by atoms with Gasteiger partial charge in [0.2, 0.25) is 0 Å². The largest absolute Gasteiger partial charge is 1.00 e. The Labute approximate surface area is 171 Å². The van der Waals surface area contributed by atoms with Crippen LogP contribution in [0.15, 0.2) is 60.7 Å². The van der Waals surface area contributed by atoms with E-state index in [1.165, 1.54) is 4.90 Å². The molecule has 0 aliphatic heterocycles. The quantitative estimate of drug-likeness (QED) is 0.339. The van der Waals surface area contributed by atoms with E-state index in [0.29, 0.717) is 23.1 Å². The van der Waals surface area contributed by atoms with E-state index in [1.54, 1.807) is 6.92 Å². The highest BCUT2D eigenvalue weighted by Crippen LogP contribution is 2.16. The molecular weight excluding hydrogens is 406 g/mol. The van der Waals surface area contributed by atoms with Gasteiger partial charge in [-0.25, -0.2) is 4.79 Å². The minimum Gasteiger partial charge on any atom is -1.00 e. The van der Waals surface area contributed by atoms with Crippen molar-refractivity contribution in [2.75, 3.05) is 20.7 Å². The molecule has 0 aliphatic carbocycles. The second-order valence-corrected chi connectivity index (χ2v) is 6.73. The van der Waals surface area contributed by atoms with Gasteiger partial charge in [-0.15, -0.1) is 0 Å². The molecule has 0 saturated carbocycles. The monoisotopic (exact) mass is 431 g/mol. The lowest BCUT2D eigenvalue weighted by Gasteiger charge is -2.14. The zero-order valence-corrected chi connectivity index (χ0v) is 17.6. The fourth-order valence-electron chi connectivity index (χ4n) is 2.69. The van der Waals surface area contributed by atoms with E-state index in [1.807, 2.05) is 48.5 Å². The van der Waals surface area contributed by atoms with Crippen LogP contribution in [0.2, 0.25) is 0 Å². The highest BCUT2D eigenvalue weighted by molar-refractivity contribution is 6.09. The molecule has 2 aromatic rings. The van der Waals surface area contributed by atoms with E-state index < -0.39 is 0 Å². The van der Waals surface area contributed by atoms with Gasteiger partial charge in [-0.1, -0.05) is 49.0 Å². The van der Waals surface area contributed by atoms with Gasteiger partial charge in [-0.3, -0.25) is 4.79 Å². The zero-order valence-electron chi connectivity index (χ0n) is 16.0. The number of nitrogens with one attached hydrogen (secondary N) is 1. The van der Waals surface area contributed by atoms with Crippen LogP contribution in [-0.4, -0.2) is 32.5 Å². The van der Waals surface area contributed by atoms with Gasteiger partial charge in [0.1, 0.15) is 6.54 Å². The van der Waals surface area contributed by atoms with E-state index in [-0.39, 0.29) is 35.3 Å². The van der Waals surface area contributed by atoms with E-state index in [9.17, 15) is 9.59 Å². The van der Waals surface area contributed by atoms with Crippen molar-refractivity contribution in [3.05, 3.63) is 82.9 Å². The van der Waals surface area contributed by atoms with Crippen LogP contribution in [-0.2, 0) is 22.5 Å². The van der Waals surface area contributed by atoms with Gasteiger partial charge in [0.05, 0.1) is 20.7 Å². The van der Waals surface area contributed by atoms with E-state index >= 15 is 0 Å². The highest BCUT2D eigenvalue weighted by atomic mass is 79.9. The molecule has 0 aliphatic rings. The minimum absolute atomic E-state index is 0. The van der Waals surface area contributed by atoms with Crippen LogP contribution >= 0.6 is 0 Å². The third-order valence-electron chi connectivity index (χ3n) is 4.00. The van der Waals surface area contributed by atoms with Crippen molar-refractivity contribution in [1.29, 1.82) is 0 Å². The molecule has 0 unspecified atom stereocenters. The number of benzene rings is 2. The number of carbonyl (C=O) groups is 2. The number of quaternary nitrogens is 1. The number of carbonyl (C=O) groups excluding carboxylic acids is 2. The van der Waals surface area contributed by atoms with Gasteiger partial charge < -0.3 is 26.6 Å². The van der Waals surface area contributed by atoms with E-state index in [4.69, 9.17) is 4.74 Å². The smallest absolute Gasteiger partial charge is 0.333 e. The summed E-state index contributed by atoms with van der Waals surface area (Å²) >= 11 is 0. The second kappa shape index (κ2) is 10.8. The lowest BCUT2D eigenvalue weighted by molar-refractivity contribution is -0.872. The van der Waals surface area contributed by atoms with Gasteiger partial charge in [0.15, 0.2) is 5.78 Å². The van der Waals surface area contributed by atoms with Crippen molar-refractivity contribution in [2.45, 2.75) is 19.9 Å². The Morgan fingerprint density at radius 3 is 2.26 bits per heavy atom. The molecule has 144 valence electrons. The maximum Gasteiger partial charge on any atom is 0.333 e. The predicted octanol–water partition coefficient (Wildman–Crippen LogP) is -0.772. The van der Waals surface area contributed by atoms with Crippen LogP contribution in [0.4, 0.5) is 0 Å². The molecule has 0 atom stereocenters. The lowest BCUT2D eigenvalue weighted by Crippen LogP contribution is -3.04. The molecular formula is C22H26BrNO3. The number of hydrogen-bond acceptors (Lipinski definition) is 3. The van der Waals surface area contributed by atoms with Crippen molar-refractivity contribution in [3.63, 3.8) is 0 Å². The maximum atomic E-state index is 12.7. The van der Waals surface area contributed by atoms with Crippen molar-refractivity contribution >= 4 is 11.8 Å². The summed E-state index contributed by atoms with van der Waals surface area (Å²) in [5, 5.41) is 0. The molecule has 0 aromatic heterocycles. The number of rotatable bonds is 8. The fraction of sp³-hybridized carbons (Fsp3) is 0.273. The van der Waals surface area contributed by atoms with Gasteiger partial charge in [0, 0.05) is 28.7 Å². The summed E-state index contributed by atoms with van der Waals surface area (Å²) in [6.45, 7) is 6.32. The Balaban J connectivity index is 0.00000364. The minimum atomic E-state index is -0.388. The summed E-state index contributed by atoms with van der Waals surface area (Å²) in [5.41, 5.74) is 3.88. The maximum absolute atomic E-state index is 12.7. The molecule has 0 bridgehead atoms. The topological polar surface area (TPSA) is 47.8 Å². The van der Waals surface area contributed by atoms with Crippen molar-refractivity contribution in [2.24, 2.45) is 0 Å². The number of hydrogen-bond donors (Lipinski definition) is 1. The average Bonchev–Trinajstić information content (AvgIpc) is 2.62. The average molecular weight is 432 g/mol. The van der Waals surface area contributed by atoms with Crippen molar-refractivity contribution < 1.29 is 36.2 Å². The fourth-order valence-corrected chi connectivity index (χ4v) is 2.69. The normalized spacial score (nSPS) is 10.2. The first-order valence-electron chi connectivity index (χ1n) is 8.71. The van der Waals surface area contributed by atoms with Gasteiger partial charge >= 0.3 is 5.97 Å². The first-order valence-corrected chi connectivity index (χ1v) is 8.71. The molecule has 0 fully saturated rings. The van der Waals surface area contributed by atoms with Crippen molar-refractivity contribution in [3.8, 4) is 0 Å². The third kappa shape index (κ3) is 6.77. The molecule has 0 heterocycles. The number of esters is 1. The summed E-state index contributed by atoms with van der Waals surface area (Å²) in [6.07, 6.45) is 0.567. The van der Waals surface area contributed by atoms with Crippen LogP contribution in [0.3, 0.4) is 0 Å². The Bertz CT molecular complexity index is 800. The Kier molecular flexibility index (Phi) is 9.12. The molecule has 2 aromatic carbocycles. The highest BCUT2D eigenvalue weighted by Gasteiger charge is 2.14. The molecule has 2 rings (SSSR count). The van der Waals surface area contributed by atoms with Crippen LogP contribution in [0.25, 0.3) is 0 Å². The molecule has 1 N–H and O–H groups in total. The first kappa shape index (κ1) is 22.8. The van der Waals surface area contributed by atoms with Crippen molar-refractivity contribution in [1.82, 2.24) is 0 Å². The molecule has 0 spiro atoms. The molecule has 4 nitrogen and oxygen atoms in total. The molecule has 5 heteroatoms. The van der Waals surface area contributed by atoms with E-state index in [0.717, 1.165) is 17.7 Å². The zero-order chi connectivity index (χ0) is 19.1. The van der Waals surface area contributed by atoms with Crippen LogP contribution in [0.1, 0.15) is 34.0 Å². The summed E-state index contributed by atoms with van der Waals surface area (Å²) in [5.74, 6) is -0.393. The van der Waals surface area contributed by atoms with Crippen LogP contribution in [0, 0.1) is 0 Å². The molecule has 0 amide bonds. The standard InChI is InChI=1S/C22H25NO3.BrH/c1-16(2)22(25)26-13-12-18-14-19(10-11-20(18)15-23(3)4)21(24)17-8-6-5-7-9-17;/h5-11,14H,1,12-13,15H2,2-4H3;1H. The van der Waals surface area contributed by atoms with Crippen LogP contribution < -0.4 is 21.9 Å². The number of halogens is 1. The number of ketones is 1. The van der Waals surface area contributed by atoms with E-state index in [2.05, 4.69) is 20.7 Å². The lowest BCUT2D eigenvalue weighted by atomic mass is 9.96. The summed E-state index contributed by atoms with van der Waals surface area (Å²) < 4.78 is 5.22. The van der Waals surface area contributed by atoms with Crippen LogP contribution in [0.5, 0.6) is 0 Å². The molecule has 0 radical (unpaired) electrons. The number of ether oxygens (including phenoxy) is 1. The Morgan fingerprint density at radius 2 is 1.67 bits per heavy atom. The predicted molar refractivity (Wildman–Crippen MR) is 102 cm³/mol. The second-order valence-electron chi connectivity index (χ2n) is 6.73. The summed E-state index contributed by atoms with van der Waals surface area (Å²) in [6, 6.07) is 15.0. The van der Waals surface area contributed by atoms with Gasteiger partial charge in [0.25, 0.3) is 0 Å². The van der Waals surface area contributed by atoms with Gasteiger partial charge in [-0.05, 0) is 18.6 Å². The molecule has 0 saturated heterocycles. The third-order valence-corrected chi connectivity index (χ3v) is 4.00. The summed E-state index contributed by atoms with van der Waals surface area (Å²) in [4.78, 5) is 25.6. The SMILES string of the molecule is C=C(C)C(=O)OCCc1cc(C(=O)c2ccccc2)ccc1C[NH+](C)C.[Br-]. The summed E-state index contributed by atoms with van der Waals surface area (Å²) in [7, 11) is 4.15. The first-order chi connectivity index (χ1) is 12.4. The molecule has 27 heavy (non-hydrogen) atoms. The Hall–Kier alpha value is -2.24.